The molecule has 10 heteroatoms. The van der Waals surface area contributed by atoms with Gasteiger partial charge in [-0.3, -0.25) is 4.79 Å². The summed E-state index contributed by atoms with van der Waals surface area (Å²) in [5.41, 5.74) is 5.45. The first-order chi connectivity index (χ1) is 9.44. The average molecular weight is 336 g/mol. The van der Waals surface area contributed by atoms with Crippen LogP contribution in [0.4, 0.5) is 5.13 Å². The second kappa shape index (κ2) is 6.72. The molecule has 0 atom stereocenters. The second-order valence-corrected chi connectivity index (χ2v) is 9.13. The van der Waals surface area contributed by atoms with Gasteiger partial charge in [-0.1, -0.05) is 23.1 Å². The van der Waals surface area contributed by atoms with Crippen LogP contribution >= 0.6 is 23.1 Å². The Labute approximate surface area is 125 Å². The molecule has 0 bridgehead atoms. The van der Waals surface area contributed by atoms with Gasteiger partial charge in [-0.2, -0.15) is 0 Å². The molecule has 2 heterocycles. The molecule has 0 spiro atoms. The maximum absolute atomic E-state index is 11.7. The molecule has 0 unspecified atom stereocenters. The van der Waals surface area contributed by atoms with Crippen LogP contribution in [-0.4, -0.2) is 48.3 Å². The lowest BCUT2D eigenvalue weighted by atomic mass is 10.0. The second-order valence-electron chi connectivity index (χ2n) is 4.59. The summed E-state index contributed by atoms with van der Waals surface area (Å²) in [4.78, 5) is 11.7. The Bertz CT molecular complexity index is 558. The fourth-order valence-electron chi connectivity index (χ4n) is 1.86. The van der Waals surface area contributed by atoms with E-state index in [9.17, 15) is 13.2 Å². The summed E-state index contributed by atoms with van der Waals surface area (Å²) < 4.78 is 23.2. The molecule has 20 heavy (non-hydrogen) atoms. The van der Waals surface area contributed by atoms with Crippen molar-refractivity contribution in [3.8, 4) is 0 Å². The van der Waals surface area contributed by atoms with E-state index in [0.717, 1.165) is 0 Å². The zero-order valence-electron chi connectivity index (χ0n) is 10.7. The van der Waals surface area contributed by atoms with Crippen LogP contribution < -0.4 is 11.1 Å². The molecular weight excluding hydrogens is 320 g/mol. The Morgan fingerprint density at radius 2 is 2.10 bits per heavy atom. The van der Waals surface area contributed by atoms with E-state index < -0.39 is 9.84 Å². The van der Waals surface area contributed by atoms with Crippen molar-refractivity contribution in [1.82, 2.24) is 15.5 Å². The predicted molar refractivity (Wildman–Crippen MR) is 79.4 cm³/mol. The molecule has 112 valence electrons. The first-order valence-electron chi connectivity index (χ1n) is 6.13. The minimum absolute atomic E-state index is 0.0859. The molecule has 1 fully saturated rings. The number of amides is 1. The fourth-order valence-corrected chi connectivity index (χ4v) is 4.91. The number of carbonyl (C=O) groups excluding carboxylic acids is 1. The van der Waals surface area contributed by atoms with Crippen molar-refractivity contribution in [2.45, 2.75) is 17.2 Å². The molecule has 3 N–H and O–H groups in total. The van der Waals surface area contributed by atoms with E-state index in [0.29, 0.717) is 28.9 Å². The highest BCUT2D eigenvalue weighted by molar-refractivity contribution is 8.01. The number of nitrogen functional groups attached to an aromatic ring is 1. The molecule has 2 rings (SSSR count). The molecule has 1 aliphatic rings. The van der Waals surface area contributed by atoms with Gasteiger partial charge in [-0.25, -0.2) is 8.42 Å². The number of rotatable bonds is 5. The predicted octanol–water partition coefficient (Wildman–Crippen LogP) is 0.153. The van der Waals surface area contributed by atoms with Gasteiger partial charge in [0.05, 0.1) is 17.3 Å². The Morgan fingerprint density at radius 3 is 2.70 bits per heavy atom. The van der Waals surface area contributed by atoms with Crippen molar-refractivity contribution < 1.29 is 13.2 Å². The first-order valence-corrected chi connectivity index (χ1v) is 9.76. The van der Waals surface area contributed by atoms with Gasteiger partial charge in [0, 0.05) is 6.54 Å². The number of hydrogen-bond acceptors (Lipinski definition) is 8. The molecule has 0 radical (unpaired) electrons. The van der Waals surface area contributed by atoms with Gasteiger partial charge in [0.1, 0.15) is 9.84 Å². The van der Waals surface area contributed by atoms with Crippen LogP contribution in [0.2, 0.25) is 0 Å². The summed E-state index contributed by atoms with van der Waals surface area (Å²) in [5.74, 6) is 0.889. The van der Waals surface area contributed by atoms with Gasteiger partial charge in [-0.15, -0.1) is 10.2 Å². The Balaban J connectivity index is 1.65. The van der Waals surface area contributed by atoms with Crippen molar-refractivity contribution >= 4 is 44.0 Å². The van der Waals surface area contributed by atoms with Crippen LogP contribution in [0.3, 0.4) is 0 Å². The minimum Gasteiger partial charge on any atom is -0.374 e. The lowest BCUT2D eigenvalue weighted by Gasteiger charge is -2.21. The topological polar surface area (TPSA) is 115 Å². The quantitative estimate of drug-likeness (QED) is 0.736. The van der Waals surface area contributed by atoms with Gasteiger partial charge in [-0.05, 0) is 18.8 Å². The fraction of sp³-hybridized carbons (Fsp3) is 0.700. The number of hydrogen-bond donors (Lipinski definition) is 2. The summed E-state index contributed by atoms with van der Waals surface area (Å²) in [7, 11) is -2.84. The molecule has 1 amide bonds. The summed E-state index contributed by atoms with van der Waals surface area (Å²) >= 11 is 2.54. The SMILES string of the molecule is Nc1nnc(SCC(=O)NCC2CCS(=O)(=O)CC2)s1. The number of anilines is 1. The van der Waals surface area contributed by atoms with Gasteiger partial charge in [0.2, 0.25) is 11.0 Å². The zero-order chi connectivity index (χ0) is 14.6. The lowest BCUT2D eigenvalue weighted by molar-refractivity contribution is -0.118. The van der Waals surface area contributed by atoms with Crippen molar-refractivity contribution in [3.05, 3.63) is 0 Å². The van der Waals surface area contributed by atoms with E-state index in [1.807, 2.05) is 0 Å². The van der Waals surface area contributed by atoms with Gasteiger partial charge >= 0.3 is 0 Å². The number of thioether (sulfide) groups is 1. The minimum atomic E-state index is -2.84. The maximum Gasteiger partial charge on any atom is 0.230 e. The maximum atomic E-state index is 11.7. The lowest BCUT2D eigenvalue weighted by Crippen LogP contribution is -2.34. The molecular formula is C10H16N4O3S3. The van der Waals surface area contributed by atoms with Crippen molar-refractivity contribution in [2.75, 3.05) is 29.5 Å². The molecule has 0 aromatic carbocycles. The third kappa shape index (κ3) is 4.91. The number of aromatic nitrogens is 2. The van der Waals surface area contributed by atoms with Crippen LogP contribution in [0.1, 0.15) is 12.8 Å². The Hall–Kier alpha value is -0.870. The van der Waals surface area contributed by atoms with Crippen molar-refractivity contribution in [1.29, 1.82) is 0 Å². The van der Waals surface area contributed by atoms with Crippen LogP contribution in [0.15, 0.2) is 4.34 Å². The summed E-state index contributed by atoms with van der Waals surface area (Å²) in [6.07, 6.45) is 1.26. The standard InChI is InChI=1S/C10H16N4O3S3/c11-9-13-14-10(19-9)18-6-8(15)12-5-7-1-3-20(16,17)4-2-7/h7H,1-6H2,(H2,11,13)(H,12,15). The van der Waals surface area contributed by atoms with E-state index in [1.165, 1.54) is 23.1 Å². The normalized spacial score (nSPS) is 18.8. The molecule has 0 aliphatic carbocycles. The number of carbonyl (C=O) groups is 1. The van der Waals surface area contributed by atoms with Gasteiger partial charge in [0.25, 0.3) is 0 Å². The van der Waals surface area contributed by atoms with Crippen LogP contribution in [0.25, 0.3) is 0 Å². The molecule has 7 nitrogen and oxygen atoms in total. The number of nitrogens with one attached hydrogen (secondary N) is 1. The average Bonchev–Trinajstić information content (AvgIpc) is 2.81. The summed E-state index contributed by atoms with van der Waals surface area (Å²) in [6.45, 7) is 0.535. The number of nitrogens with two attached hydrogens (primary N) is 1. The molecule has 1 aromatic rings. The first kappa shape index (κ1) is 15.5. The van der Waals surface area contributed by atoms with Crippen molar-refractivity contribution in [2.24, 2.45) is 5.92 Å². The highest BCUT2D eigenvalue weighted by atomic mass is 32.2. The largest absolute Gasteiger partial charge is 0.374 e. The van der Waals surface area contributed by atoms with Crippen LogP contribution in [0.5, 0.6) is 0 Å². The molecule has 1 saturated heterocycles. The molecule has 1 aliphatic heterocycles. The molecule has 1 aromatic heterocycles. The summed E-state index contributed by atoms with van der Waals surface area (Å²) in [5, 5.41) is 10.7. The number of sulfone groups is 1. The smallest absolute Gasteiger partial charge is 0.230 e. The monoisotopic (exact) mass is 336 g/mol. The van der Waals surface area contributed by atoms with E-state index in [4.69, 9.17) is 5.73 Å². The van der Waals surface area contributed by atoms with E-state index in [1.54, 1.807) is 0 Å². The van der Waals surface area contributed by atoms with Crippen molar-refractivity contribution in [3.63, 3.8) is 0 Å². The third-order valence-electron chi connectivity index (χ3n) is 3.01. The van der Waals surface area contributed by atoms with E-state index >= 15 is 0 Å². The Kier molecular flexibility index (Phi) is 5.22. The molecule has 0 saturated carbocycles. The number of nitrogens with zero attached hydrogens (tertiary/aromatic N) is 2. The Morgan fingerprint density at radius 1 is 1.40 bits per heavy atom. The highest BCUT2D eigenvalue weighted by Gasteiger charge is 2.23. The summed E-state index contributed by atoms with van der Waals surface area (Å²) in [6, 6.07) is 0. The van der Waals surface area contributed by atoms with Gasteiger partial charge < -0.3 is 11.1 Å². The van der Waals surface area contributed by atoms with Gasteiger partial charge in [0.15, 0.2) is 4.34 Å². The van der Waals surface area contributed by atoms with Crippen LogP contribution in [0, 0.1) is 5.92 Å². The highest BCUT2D eigenvalue weighted by Crippen LogP contribution is 2.23. The zero-order valence-corrected chi connectivity index (χ0v) is 13.2. The van der Waals surface area contributed by atoms with E-state index in [-0.39, 0.29) is 29.1 Å². The van der Waals surface area contributed by atoms with Crippen LogP contribution in [-0.2, 0) is 14.6 Å². The van der Waals surface area contributed by atoms with E-state index in [2.05, 4.69) is 15.5 Å². The third-order valence-corrected chi connectivity index (χ3v) is 6.61.